The fourth-order valence-electron chi connectivity index (χ4n) is 2.53. The molecular weight excluding hydrogens is 144 g/mol. The largest absolute Gasteiger partial charge is 0.0870 e. The third kappa shape index (κ3) is 0.726. The molecule has 3 aliphatic rings. The van der Waals surface area contributed by atoms with Gasteiger partial charge >= 0.3 is 0 Å². The Kier molecular flexibility index (Phi) is 1.20. The SMILES string of the molecule is C1=CC2=C3C(C=CCC3C1)C=C2. The monoisotopic (exact) mass is 156 g/mol. The van der Waals surface area contributed by atoms with Crippen molar-refractivity contribution in [3.05, 3.63) is 47.6 Å². The molecule has 0 aromatic rings. The fourth-order valence-corrected chi connectivity index (χ4v) is 2.53. The highest BCUT2D eigenvalue weighted by atomic mass is 14.3. The van der Waals surface area contributed by atoms with Crippen LogP contribution < -0.4 is 0 Å². The first-order valence-electron chi connectivity index (χ1n) is 4.70. The Hall–Kier alpha value is -1.04. The molecule has 0 radical (unpaired) electrons. The molecule has 0 N–H and O–H groups in total. The Morgan fingerprint density at radius 1 is 1.00 bits per heavy atom. The smallest absolute Gasteiger partial charge is 0.0172 e. The van der Waals surface area contributed by atoms with Gasteiger partial charge in [-0.25, -0.2) is 0 Å². The quantitative estimate of drug-likeness (QED) is 0.473. The zero-order valence-corrected chi connectivity index (χ0v) is 7.03. The molecular formula is C12H12. The predicted molar refractivity (Wildman–Crippen MR) is 50.7 cm³/mol. The molecule has 2 unspecified atom stereocenters. The van der Waals surface area contributed by atoms with E-state index >= 15 is 0 Å². The maximum Gasteiger partial charge on any atom is 0.0172 e. The fraction of sp³-hybridized carbons (Fsp3) is 0.333. The van der Waals surface area contributed by atoms with E-state index in [9.17, 15) is 0 Å². The van der Waals surface area contributed by atoms with Crippen LogP contribution in [0.4, 0.5) is 0 Å². The molecule has 0 aliphatic heterocycles. The minimum atomic E-state index is 0.642. The lowest BCUT2D eigenvalue weighted by Gasteiger charge is -2.27. The van der Waals surface area contributed by atoms with Gasteiger partial charge in [-0.15, -0.1) is 0 Å². The topological polar surface area (TPSA) is 0 Å². The molecule has 3 rings (SSSR count). The molecule has 0 aromatic heterocycles. The second-order valence-corrected chi connectivity index (χ2v) is 3.79. The maximum absolute atomic E-state index is 2.34. The molecule has 0 fully saturated rings. The first-order valence-corrected chi connectivity index (χ1v) is 4.70. The molecule has 0 spiro atoms. The summed E-state index contributed by atoms with van der Waals surface area (Å²) in [5, 5.41) is 0. The summed E-state index contributed by atoms with van der Waals surface area (Å²) in [5.41, 5.74) is 3.17. The highest BCUT2D eigenvalue weighted by Gasteiger charge is 2.28. The van der Waals surface area contributed by atoms with Crippen LogP contribution in [0, 0.1) is 11.8 Å². The standard InChI is InChI=1S/C12H12/c1-3-9-4-2-6-11-8-7-10(5-1)12(9)11/h1-2,5-10H,3-4H2. The van der Waals surface area contributed by atoms with Crippen molar-refractivity contribution < 1.29 is 0 Å². The molecule has 60 valence electrons. The number of rotatable bonds is 0. The van der Waals surface area contributed by atoms with Crippen LogP contribution in [0.1, 0.15) is 12.8 Å². The Balaban J connectivity index is 2.15. The Bertz CT molecular complexity index is 326. The minimum absolute atomic E-state index is 0.642. The third-order valence-corrected chi connectivity index (χ3v) is 3.10. The highest BCUT2D eigenvalue weighted by Crippen LogP contribution is 2.41. The molecule has 0 heteroatoms. The Morgan fingerprint density at radius 2 is 1.92 bits per heavy atom. The van der Waals surface area contributed by atoms with E-state index in [4.69, 9.17) is 0 Å². The second kappa shape index (κ2) is 2.22. The van der Waals surface area contributed by atoms with E-state index in [1.165, 1.54) is 18.4 Å². The van der Waals surface area contributed by atoms with Gasteiger partial charge in [0.25, 0.3) is 0 Å². The van der Waals surface area contributed by atoms with E-state index in [2.05, 4.69) is 36.5 Å². The van der Waals surface area contributed by atoms with Gasteiger partial charge in [0.1, 0.15) is 0 Å². The van der Waals surface area contributed by atoms with E-state index in [0.717, 1.165) is 5.92 Å². The summed E-state index contributed by atoms with van der Waals surface area (Å²) >= 11 is 0. The van der Waals surface area contributed by atoms with Gasteiger partial charge in [-0.05, 0) is 29.9 Å². The zero-order chi connectivity index (χ0) is 7.97. The molecule has 3 aliphatic carbocycles. The van der Waals surface area contributed by atoms with Crippen LogP contribution in [-0.4, -0.2) is 0 Å². The number of allylic oxidation sites excluding steroid dienone is 8. The predicted octanol–water partition coefficient (Wildman–Crippen LogP) is 3.01. The van der Waals surface area contributed by atoms with Gasteiger partial charge in [-0.1, -0.05) is 36.5 Å². The van der Waals surface area contributed by atoms with Gasteiger partial charge < -0.3 is 0 Å². The van der Waals surface area contributed by atoms with Crippen LogP contribution in [0.3, 0.4) is 0 Å². The summed E-state index contributed by atoms with van der Waals surface area (Å²) in [6.45, 7) is 0. The van der Waals surface area contributed by atoms with Gasteiger partial charge in [-0.3, -0.25) is 0 Å². The van der Waals surface area contributed by atoms with E-state index < -0.39 is 0 Å². The van der Waals surface area contributed by atoms with Crippen LogP contribution >= 0.6 is 0 Å². The molecule has 0 bridgehead atoms. The normalized spacial score (nSPS) is 36.0. The molecule has 0 nitrogen and oxygen atoms in total. The lowest BCUT2D eigenvalue weighted by atomic mass is 9.78. The molecule has 0 heterocycles. The van der Waals surface area contributed by atoms with E-state index in [0.29, 0.717) is 5.92 Å². The molecule has 0 aromatic carbocycles. The van der Waals surface area contributed by atoms with E-state index in [1.54, 1.807) is 5.57 Å². The summed E-state index contributed by atoms with van der Waals surface area (Å²) in [5.74, 6) is 1.46. The molecule has 2 atom stereocenters. The third-order valence-electron chi connectivity index (χ3n) is 3.10. The Labute approximate surface area is 73.0 Å². The Morgan fingerprint density at radius 3 is 2.92 bits per heavy atom. The molecule has 0 amide bonds. The van der Waals surface area contributed by atoms with Crippen molar-refractivity contribution in [3.63, 3.8) is 0 Å². The van der Waals surface area contributed by atoms with Crippen molar-refractivity contribution in [2.45, 2.75) is 12.8 Å². The lowest BCUT2D eigenvalue weighted by Crippen LogP contribution is -2.14. The van der Waals surface area contributed by atoms with Crippen LogP contribution in [0.2, 0.25) is 0 Å². The second-order valence-electron chi connectivity index (χ2n) is 3.79. The van der Waals surface area contributed by atoms with Crippen LogP contribution in [0.15, 0.2) is 47.6 Å². The van der Waals surface area contributed by atoms with Crippen LogP contribution in [0.25, 0.3) is 0 Å². The first kappa shape index (κ1) is 6.47. The molecule has 0 saturated carbocycles. The minimum Gasteiger partial charge on any atom is -0.0870 e. The van der Waals surface area contributed by atoms with Crippen LogP contribution in [-0.2, 0) is 0 Å². The van der Waals surface area contributed by atoms with Gasteiger partial charge in [-0.2, -0.15) is 0 Å². The summed E-state index contributed by atoms with van der Waals surface area (Å²) < 4.78 is 0. The van der Waals surface area contributed by atoms with Crippen LogP contribution in [0.5, 0.6) is 0 Å². The molecule has 12 heavy (non-hydrogen) atoms. The molecule has 0 saturated heterocycles. The van der Waals surface area contributed by atoms with Gasteiger partial charge in [0, 0.05) is 5.92 Å². The summed E-state index contributed by atoms with van der Waals surface area (Å²) in [7, 11) is 0. The highest BCUT2D eigenvalue weighted by molar-refractivity contribution is 5.50. The summed E-state index contributed by atoms with van der Waals surface area (Å²) in [6, 6.07) is 0. The average Bonchev–Trinajstić information content (AvgIpc) is 2.52. The van der Waals surface area contributed by atoms with E-state index in [1.807, 2.05) is 0 Å². The van der Waals surface area contributed by atoms with Gasteiger partial charge in [0.2, 0.25) is 0 Å². The average molecular weight is 156 g/mol. The van der Waals surface area contributed by atoms with Crippen molar-refractivity contribution in [2.75, 3.05) is 0 Å². The first-order chi connectivity index (χ1) is 5.95. The lowest BCUT2D eigenvalue weighted by molar-refractivity contribution is 0.567. The van der Waals surface area contributed by atoms with Gasteiger partial charge in [0.05, 0.1) is 0 Å². The van der Waals surface area contributed by atoms with E-state index in [-0.39, 0.29) is 0 Å². The van der Waals surface area contributed by atoms with Crippen molar-refractivity contribution in [3.8, 4) is 0 Å². The van der Waals surface area contributed by atoms with Gasteiger partial charge in [0.15, 0.2) is 0 Å². The summed E-state index contributed by atoms with van der Waals surface area (Å²) in [6.07, 6.45) is 16.4. The van der Waals surface area contributed by atoms with Crippen molar-refractivity contribution in [2.24, 2.45) is 11.8 Å². The van der Waals surface area contributed by atoms with Crippen molar-refractivity contribution in [1.29, 1.82) is 0 Å². The zero-order valence-electron chi connectivity index (χ0n) is 7.03. The number of hydrogen-bond acceptors (Lipinski definition) is 0. The maximum atomic E-state index is 2.34. The van der Waals surface area contributed by atoms with Crippen molar-refractivity contribution in [1.82, 2.24) is 0 Å². The van der Waals surface area contributed by atoms with Crippen molar-refractivity contribution >= 4 is 0 Å². The summed E-state index contributed by atoms with van der Waals surface area (Å²) in [4.78, 5) is 0. The number of hydrogen-bond donors (Lipinski definition) is 0.